The van der Waals surface area contributed by atoms with Gasteiger partial charge in [0.2, 0.25) is 5.95 Å². The van der Waals surface area contributed by atoms with Crippen LogP contribution in [0.15, 0.2) is 42.5 Å². The van der Waals surface area contributed by atoms with Crippen molar-refractivity contribution in [3.63, 3.8) is 0 Å². The van der Waals surface area contributed by atoms with E-state index in [1.165, 1.54) is 31.4 Å². The highest BCUT2D eigenvalue weighted by Crippen LogP contribution is 2.43. The van der Waals surface area contributed by atoms with Gasteiger partial charge in [0.05, 0.1) is 18.1 Å². The van der Waals surface area contributed by atoms with Crippen molar-refractivity contribution < 1.29 is 27.4 Å². The molecule has 0 radical (unpaired) electrons. The summed E-state index contributed by atoms with van der Waals surface area (Å²) >= 11 is 0. The molecular weight excluding hydrogens is 459 g/mol. The zero-order chi connectivity index (χ0) is 25.2. The lowest BCUT2D eigenvalue weighted by Crippen LogP contribution is -2.25. The molecule has 1 aliphatic rings. The van der Waals surface area contributed by atoms with Crippen molar-refractivity contribution in [2.45, 2.75) is 64.8 Å². The Morgan fingerprint density at radius 2 is 1.94 bits per heavy atom. The number of rotatable bonds is 7. The number of carbonyl (C=O) groups is 1. The largest absolute Gasteiger partial charge is 0.573 e. The minimum atomic E-state index is -4.73. The van der Waals surface area contributed by atoms with E-state index in [-0.39, 0.29) is 29.6 Å². The van der Waals surface area contributed by atoms with Crippen molar-refractivity contribution in [1.82, 2.24) is 9.55 Å². The highest BCUT2D eigenvalue weighted by Gasteiger charge is 2.32. The average molecular weight is 490 g/mol. The standard InChI is InChI=1S/C26H30F3N3O3/c1-25(2)14-4-5-19(16-25)32-22-12-6-17(7-13-23(33)34-3)15-21(22)31-24(32)30-18-8-10-20(11-9-18)35-26(27,28)29/h6,8-12,15,19H,4-5,7,13-14,16H2,1-3H3,(H,30,31)/t19-/m1/s1. The van der Waals surface area contributed by atoms with Crippen LogP contribution in [0.1, 0.15) is 57.6 Å². The van der Waals surface area contributed by atoms with Crippen molar-refractivity contribution in [2.24, 2.45) is 5.41 Å². The molecule has 1 heterocycles. The van der Waals surface area contributed by atoms with Crippen molar-refractivity contribution in [3.05, 3.63) is 48.0 Å². The quantitative estimate of drug-likeness (QED) is 0.365. The highest BCUT2D eigenvalue weighted by atomic mass is 19.4. The lowest BCUT2D eigenvalue weighted by molar-refractivity contribution is -0.274. The number of benzene rings is 2. The summed E-state index contributed by atoms with van der Waals surface area (Å²) in [6, 6.07) is 11.9. The first-order valence-corrected chi connectivity index (χ1v) is 11.7. The molecule has 2 aromatic carbocycles. The minimum absolute atomic E-state index is 0.202. The van der Waals surface area contributed by atoms with Crippen molar-refractivity contribution >= 4 is 28.6 Å². The number of alkyl halides is 3. The predicted molar refractivity (Wildman–Crippen MR) is 128 cm³/mol. The Bertz CT molecular complexity index is 1190. The second-order valence-corrected chi connectivity index (χ2v) is 9.82. The molecule has 4 rings (SSSR count). The molecule has 9 heteroatoms. The van der Waals surface area contributed by atoms with Gasteiger partial charge in [-0.05, 0) is 73.1 Å². The fourth-order valence-electron chi connectivity index (χ4n) is 4.85. The zero-order valence-corrected chi connectivity index (χ0v) is 20.1. The number of hydrogen-bond acceptors (Lipinski definition) is 5. The SMILES string of the molecule is COC(=O)CCc1ccc2c(c1)nc(Nc1ccc(OC(F)(F)F)cc1)n2[C@@H]1CCCC(C)(C)C1. The van der Waals surface area contributed by atoms with Crippen LogP contribution < -0.4 is 10.1 Å². The molecule has 6 nitrogen and oxygen atoms in total. The molecular formula is C26H30F3N3O3. The first-order chi connectivity index (χ1) is 16.5. The van der Waals surface area contributed by atoms with Crippen molar-refractivity contribution in [2.75, 3.05) is 12.4 Å². The first kappa shape index (κ1) is 24.9. The molecule has 0 unspecified atom stereocenters. The normalized spacial score (nSPS) is 17.8. The number of hydrogen-bond donors (Lipinski definition) is 1. The number of imidazole rings is 1. The summed E-state index contributed by atoms with van der Waals surface area (Å²) < 4.78 is 48.4. The van der Waals surface area contributed by atoms with Crippen LogP contribution in [0.25, 0.3) is 11.0 Å². The van der Waals surface area contributed by atoms with Crippen LogP contribution in [0, 0.1) is 5.41 Å². The van der Waals surface area contributed by atoms with Crippen molar-refractivity contribution in [1.29, 1.82) is 0 Å². The Morgan fingerprint density at radius 1 is 1.20 bits per heavy atom. The first-order valence-electron chi connectivity index (χ1n) is 11.7. The lowest BCUT2D eigenvalue weighted by atomic mass is 9.75. The third-order valence-electron chi connectivity index (χ3n) is 6.49. The maximum atomic E-state index is 12.5. The molecule has 1 N–H and O–H groups in total. The molecule has 1 aromatic heterocycles. The van der Waals surface area contributed by atoms with E-state index in [1.807, 2.05) is 18.2 Å². The van der Waals surface area contributed by atoms with E-state index in [9.17, 15) is 18.0 Å². The van der Waals surface area contributed by atoms with Gasteiger partial charge < -0.3 is 19.4 Å². The van der Waals surface area contributed by atoms with Gasteiger partial charge in [-0.15, -0.1) is 13.2 Å². The molecule has 0 bridgehead atoms. The lowest BCUT2D eigenvalue weighted by Gasteiger charge is -2.36. The maximum absolute atomic E-state index is 12.5. The number of ether oxygens (including phenoxy) is 2. The minimum Gasteiger partial charge on any atom is -0.469 e. The van der Waals surface area contributed by atoms with Gasteiger partial charge in [-0.3, -0.25) is 4.79 Å². The Labute approximate surface area is 202 Å². The molecule has 0 saturated heterocycles. The van der Waals surface area contributed by atoms with Crippen LogP contribution in [-0.4, -0.2) is 29.0 Å². The molecule has 1 fully saturated rings. The van der Waals surface area contributed by atoms with Crippen LogP contribution in [0.3, 0.4) is 0 Å². The van der Waals surface area contributed by atoms with Gasteiger partial charge in [-0.1, -0.05) is 26.3 Å². The number of methoxy groups -OCH3 is 1. The van der Waals surface area contributed by atoms with Gasteiger partial charge in [-0.25, -0.2) is 4.98 Å². The molecule has 3 aromatic rings. The third-order valence-corrected chi connectivity index (χ3v) is 6.49. The average Bonchev–Trinajstić information content (AvgIpc) is 3.14. The molecule has 35 heavy (non-hydrogen) atoms. The maximum Gasteiger partial charge on any atom is 0.573 e. The Morgan fingerprint density at radius 3 is 2.60 bits per heavy atom. The van der Waals surface area contributed by atoms with E-state index in [2.05, 4.69) is 28.5 Å². The molecule has 1 aliphatic carbocycles. The number of aromatic nitrogens is 2. The second kappa shape index (κ2) is 9.79. The number of nitrogens with one attached hydrogen (secondary N) is 1. The van der Waals surface area contributed by atoms with Crippen LogP contribution in [-0.2, 0) is 16.0 Å². The number of esters is 1. The molecule has 0 amide bonds. The summed E-state index contributed by atoms with van der Waals surface area (Å²) in [6.45, 7) is 4.55. The van der Waals surface area contributed by atoms with E-state index < -0.39 is 6.36 Å². The smallest absolute Gasteiger partial charge is 0.469 e. The fraction of sp³-hybridized carbons (Fsp3) is 0.462. The van der Waals surface area contributed by atoms with Gasteiger partial charge in [-0.2, -0.15) is 0 Å². The van der Waals surface area contributed by atoms with E-state index in [1.54, 1.807) is 0 Å². The molecule has 188 valence electrons. The molecule has 1 atom stereocenters. The van der Waals surface area contributed by atoms with E-state index in [0.29, 0.717) is 18.1 Å². The summed E-state index contributed by atoms with van der Waals surface area (Å²) in [6.07, 6.45) is 0.394. The number of fused-ring (bicyclic) bond motifs is 1. The van der Waals surface area contributed by atoms with E-state index in [4.69, 9.17) is 9.72 Å². The molecule has 1 saturated carbocycles. The van der Waals surface area contributed by atoms with E-state index in [0.717, 1.165) is 42.3 Å². The van der Waals surface area contributed by atoms with Gasteiger partial charge in [0.15, 0.2) is 0 Å². The van der Waals surface area contributed by atoms with Crippen molar-refractivity contribution in [3.8, 4) is 5.75 Å². The third kappa shape index (κ3) is 6.26. The Hall–Kier alpha value is -3.23. The summed E-state index contributed by atoms with van der Waals surface area (Å²) in [4.78, 5) is 16.4. The van der Waals surface area contributed by atoms with Crippen LogP contribution >= 0.6 is 0 Å². The second-order valence-electron chi connectivity index (χ2n) is 9.82. The number of aryl methyl sites for hydroxylation is 1. The topological polar surface area (TPSA) is 65.4 Å². The molecule has 0 spiro atoms. The summed E-state index contributed by atoms with van der Waals surface area (Å²) in [5.74, 6) is 0.0958. The van der Waals surface area contributed by atoms with Gasteiger partial charge in [0, 0.05) is 18.2 Å². The highest BCUT2D eigenvalue weighted by molar-refractivity contribution is 5.81. The summed E-state index contributed by atoms with van der Waals surface area (Å²) in [5.41, 5.74) is 3.58. The van der Waals surface area contributed by atoms with Crippen LogP contribution in [0.4, 0.5) is 24.8 Å². The number of carbonyl (C=O) groups excluding carboxylic acids is 1. The van der Waals surface area contributed by atoms with Crippen LogP contribution in [0.5, 0.6) is 5.75 Å². The molecule has 0 aliphatic heterocycles. The summed E-state index contributed by atoms with van der Waals surface area (Å²) in [7, 11) is 1.37. The predicted octanol–water partition coefficient (Wildman–Crippen LogP) is 6.93. The Kier molecular flexibility index (Phi) is 6.96. The fourth-order valence-corrected chi connectivity index (χ4v) is 4.85. The monoisotopic (exact) mass is 489 g/mol. The van der Waals surface area contributed by atoms with Crippen LogP contribution in [0.2, 0.25) is 0 Å². The Balaban J connectivity index is 1.66. The van der Waals surface area contributed by atoms with Gasteiger partial charge >= 0.3 is 12.3 Å². The number of anilines is 2. The van der Waals surface area contributed by atoms with Gasteiger partial charge in [0.25, 0.3) is 0 Å². The number of nitrogens with zero attached hydrogens (tertiary/aromatic N) is 2. The zero-order valence-electron chi connectivity index (χ0n) is 20.1. The van der Waals surface area contributed by atoms with Gasteiger partial charge in [0.1, 0.15) is 5.75 Å². The van der Waals surface area contributed by atoms with E-state index >= 15 is 0 Å². The summed E-state index contributed by atoms with van der Waals surface area (Å²) in [5, 5.41) is 3.30. The number of halogens is 3.